The maximum Gasteiger partial charge on any atom is 0.0546 e. The van der Waals surface area contributed by atoms with Crippen LogP contribution in [0.1, 0.15) is 0 Å². The predicted octanol–water partition coefficient (Wildman–Crippen LogP) is 15.6. The Labute approximate surface area is 338 Å². The van der Waals surface area contributed by atoms with Crippen molar-refractivity contribution < 1.29 is 0 Å². The van der Waals surface area contributed by atoms with E-state index in [0.717, 1.165) is 22.7 Å². The second kappa shape index (κ2) is 14.1. The Hall–Kier alpha value is -7.68. The fraction of sp³-hybridized carbons (Fsp3) is 0. The summed E-state index contributed by atoms with van der Waals surface area (Å²) >= 11 is 0. The summed E-state index contributed by atoms with van der Waals surface area (Å²) in [7, 11) is 0. The highest BCUT2D eigenvalue weighted by Crippen LogP contribution is 2.50. The van der Waals surface area contributed by atoms with Gasteiger partial charge in [-0.05, 0) is 86.4 Å². The summed E-state index contributed by atoms with van der Waals surface area (Å²) in [6.07, 6.45) is 0. The largest absolute Gasteiger partial charge is 0.309 e. The van der Waals surface area contributed by atoms with Crippen molar-refractivity contribution in [3.8, 4) is 39.1 Å². The SMILES string of the molecule is c1ccc(-c2ccccc2-c2c(-c3ccccc3)cccc2N(c2cccc(-n3c4ccccc4c4ccccc43)c2)c2cc3ccccc3c3ccccc23)cc1. The molecule has 11 rings (SSSR count). The molecule has 2 heteroatoms. The van der Waals surface area contributed by atoms with Crippen LogP contribution in [0.15, 0.2) is 231 Å². The van der Waals surface area contributed by atoms with Crippen LogP contribution in [0.25, 0.3) is 82.4 Å². The lowest BCUT2D eigenvalue weighted by Crippen LogP contribution is -2.13. The maximum atomic E-state index is 2.51. The van der Waals surface area contributed by atoms with Crippen LogP contribution in [-0.4, -0.2) is 4.57 Å². The number of aromatic nitrogens is 1. The molecule has 0 aliphatic heterocycles. The first-order valence-electron chi connectivity index (χ1n) is 19.9. The first kappa shape index (κ1) is 33.6. The molecule has 0 saturated heterocycles. The summed E-state index contributed by atoms with van der Waals surface area (Å²) < 4.78 is 2.41. The number of rotatable bonds is 7. The van der Waals surface area contributed by atoms with E-state index in [9.17, 15) is 0 Å². The molecule has 0 unspecified atom stereocenters. The van der Waals surface area contributed by atoms with Crippen molar-refractivity contribution in [1.29, 1.82) is 0 Å². The Balaban J connectivity index is 1.26. The molecule has 0 bridgehead atoms. The quantitative estimate of drug-likeness (QED) is 0.148. The molecule has 272 valence electrons. The van der Waals surface area contributed by atoms with E-state index < -0.39 is 0 Å². The van der Waals surface area contributed by atoms with Crippen LogP contribution in [0.5, 0.6) is 0 Å². The first-order chi connectivity index (χ1) is 28.8. The summed E-state index contributed by atoms with van der Waals surface area (Å²) in [4.78, 5) is 2.51. The lowest BCUT2D eigenvalue weighted by Gasteiger charge is -2.31. The van der Waals surface area contributed by atoms with Gasteiger partial charge in [0.1, 0.15) is 0 Å². The summed E-state index contributed by atoms with van der Waals surface area (Å²) in [5, 5.41) is 7.35. The van der Waals surface area contributed by atoms with E-state index in [1.807, 2.05) is 0 Å². The van der Waals surface area contributed by atoms with Crippen LogP contribution in [0.4, 0.5) is 17.1 Å². The molecule has 1 aromatic heterocycles. The zero-order valence-electron chi connectivity index (χ0n) is 31.8. The average molecular weight is 739 g/mol. The molecular formula is C56H38N2. The smallest absolute Gasteiger partial charge is 0.0546 e. The van der Waals surface area contributed by atoms with Crippen molar-refractivity contribution in [1.82, 2.24) is 4.57 Å². The van der Waals surface area contributed by atoms with Gasteiger partial charge in [0.2, 0.25) is 0 Å². The summed E-state index contributed by atoms with van der Waals surface area (Å²) in [5.41, 5.74) is 13.8. The molecule has 0 radical (unpaired) electrons. The van der Waals surface area contributed by atoms with E-state index in [2.05, 4.69) is 240 Å². The molecular weight excluding hydrogens is 701 g/mol. The molecule has 1 heterocycles. The number of para-hydroxylation sites is 2. The van der Waals surface area contributed by atoms with Crippen molar-refractivity contribution in [3.63, 3.8) is 0 Å². The van der Waals surface area contributed by atoms with Crippen LogP contribution >= 0.6 is 0 Å². The van der Waals surface area contributed by atoms with Crippen LogP contribution in [0.2, 0.25) is 0 Å². The fourth-order valence-electron chi connectivity index (χ4n) is 9.04. The molecule has 0 saturated carbocycles. The van der Waals surface area contributed by atoms with Crippen molar-refractivity contribution >= 4 is 60.4 Å². The maximum absolute atomic E-state index is 2.51. The lowest BCUT2D eigenvalue weighted by atomic mass is 9.87. The Morgan fingerprint density at radius 3 is 1.53 bits per heavy atom. The fourth-order valence-corrected chi connectivity index (χ4v) is 9.04. The van der Waals surface area contributed by atoms with Crippen molar-refractivity contribution in [2.24, 2.45) is 0 Å². The van der Waals surface area contributed by atoms with Gasteiger partial charge in [-0.2, -0.15) is 0 Å². The Kier molecular flexibility index (Phi) is 8.19. The third-order valence-corrected chi connectivity index (χ3v) is 11.6. The molecule has 10 aromatic carbocycles. The molecule has 0 amide bonds. The Morgan fingerprint density at radius 2 is 0.828 bits per heavy atom. The molecule has 0 spiro atoms. The van der Waals surface area contributed by atoms with Crippen molar-refractivity contribution in [3.05, 3.63) is 231 Å². The molecule has 11 aromatic rings. The third kappa shape index (κ3) is 5.57. The zero-order valence-corrected chi connectivity index (χ0v) is 31.8. The second-order valence-electron chi connectivity index (χ2n) is 14.9. The van der Waals surface area contributed by atoms with Gasteiger partial charge in [-0.1, -0.05) is 188 Å². The monoisotopic (exact) mass is 738 g/mol. The number of nitrogens with zero attached hydrogens (tertiary/aromatic N) is 2. The lowest BCUT2D eigenvalue weighted by molar-refractivity contribution is 1.17. The van der Waals surface area contributed by atoms with E-state index in [-0.39, 0.29) is 0 Å². The van der Waals surface area contributed by atoms with Gasteiger partial charge in [-0.25, -0.2) is 0 Å². The van der Waals surface area contributed by atoms with Gasteiger partial charge in [0.15, 0.2) is 0 Å². The van der Waals surface area contributed by atoms with E-state index in [1.165, 1.54) is 76.7 Å². The van der Waals surface area contributed by atoms with Crippen molar-refractivity contribution in [2.75, 3.05) is 4.90 Å². The van der Waals surface area contributed by atoms with Gasteiger partial charge in [0.25, 0.3) is 0 Å². The number of benzene rings is 10. The minimum atomic E-state index is 1.07. The van der Waals surface area contributed by atoms with Gasteiger partial charge in [-0.3, -0.25) is 0 Å². The number of fused-ring (bicyclic) bond motifs is 6. The number of anilines is 3. The van der Waals surface area contributed by atoms with Gasteiger partial charge < -0.3 is 9.47 Å². The minimum Gasteiger partial charge on any atom is -0.309 e. The van der Waals surface area contributed by atoms with E-state index >= 15 is 0 Å². The summed E-state index contributed by atoms with van der Waals surface area (Å²) in [6.45, 7) is 0. The first-order valence-corrected chi connectivity index (χ1v) is 19.9. The average Bonchev–Trinajstić information content (AvgIpc) is 3.64. The van der Waals surface area contributed by atoms with Crippen molar-refractivity contribution in [2.45, 2.75) is 0 Å². The third-order valence-electron chi connectivity index (χ3n) is 11.6. The van der Waals surface area contributed by atoms with Crippen LogP contribution in [0.3, 0.4) is 0 Å². The van der Waals surface area contributed by atoms with Crippen LogP contribution < -0.4 is 4.90 Å². The highest BCUT2D eigenvalue weighted by molar-refractivity contribution is 6.16. The molecule has 0 aliphatic carbocycles. The molecule has 0 N–H and O–H groups in total. The summed E-state index contributed by atoms with van der Waals surface area (Å²) in [6, 6.07) is 83.9. The molecule has 0 fully saturated rings. The predicted molar refractivity (Wildman–Crippen MR) is 247 cm³/mol. The van der Waals surface area contributed by atoms with Crippen LogP contribution in [-0.2, 0) is 0 Å². The highest BCUT2D eigenvalue weighted by atomic mass is 15.1. The minimum absolute atomic E-state index is 1.07. The highest BCUT2D eigenvalue weighted by Gasteiger charge is 2.25. The molecule has 0 aliphatic rings. The number of hydrogen-bond donors (Lipinski definition) is 0. The van der Waals surface area contributed by atoms with Gasteiger partial charge >= 0.3 is 0 Å². The van der Waals surface area contributed by atoms with E-state index in [4.69, 9.17) is 0 Å². The topological polar surface area (TPSA) is 8.17 Å². The van der Waals surface area contributed by atoms with E-state index in [0.29, 0.717) is 0 Å². The van der Waals surface area contributed by atoms with Gasteiger partial charge in [-0.15, -0.1) is 0 Å². The summed E-state index contributed by atoms with van der Waals surface area (Å²) in [5.74, 6) is 0. The standard InChI is InChI=1S/C56H38N2/c1-3-19-39(20-4-1)44-26-9-12-32-51(44)56-46(40-21-5-2-6-22-40)33-18-36-54(56)58(55-37-41-23-7-8-27-45(41)47-28-10-11-29-48(47)55)43-25-17-24-42(38-43)57-52-34-15-13-30-49(52)50-31-14-16-35-53(50)57/h1-38H. The number of hydrogen-bond acceptors (Lipinski definition) is 1. The Bertz CT molecular complexity index is 3230. The molecule has 58 heavy (non-hydrogen) atoms. The second-order valence-corrected chi connectivity index (χ2v) is 14.9. The normalized spacial score (nSPS) is 11.4. The zero-order chi connectivity index (χ0) is 38.4. The van der Waals surface area contributed by atoms with Crippen LogP contribution in [0, 0.1) is 0 Å². The van der Waals surface area contributed by atoms with E-state index in [1.54, 1.807) is 0 Å². The molecule has 0 atom stereocenters. The molecule has 2 nitrogen and oxygen atoms in total. The Morgan fingerprint density at radius 1 is 0.310 bits per heavy atom. The van der Waals surface area contributed by atoms with Gasteiger partial charge in [0, 0.05) is 33.1 Å². The van der Waals surface area contributed by atoms with Gasteiger partial charge in [0.05, 0.1) is 22.4 Å².